The summed E-state index contributed by atoms with van der Waals surface area (Å²) in [5.41, 5.74) is 1.08. The fourth-order valence-electron chi connectivity index (χ4n) is 1.94. The number of pyridine rings is 1. The third kappa shape index (κ3) is 2.44. The lowest BCUT2D eigenvalue weighted by molar-refractivity contribution is -0.384. The Bertz CT molecular complexity index is 827. The zero-order valence-corrected chi connectivity index (χ0v) is 10.6. The average molecular weight is 283 g/mol. The first-order valence-corrected chi connectivity index (χ1v) is 6.02. The van der Waals surface area contributed by atoms with Gasteiger partial charge in [0.05, 0.1) is 22.4 Å². The molecule has 0 saturated heterocycles. The van der Waals surface area contributed by atoms with Crippen molar-refractivity contribution in [2.45, 2.75) is 0 Å². The van der Waals surface area contributed by atoms with Crippen molar-refractivity contribution in [1.82, 2.24) is 4.98 Å². The molecule has 0 aliphatic rings. The van der Waals surface area contributed by atoms with Crippen molar-refractivity contribution in [3.63, 3.8) is 0 Å². The molecule has 0 aliphatic heterocycles. The van der Waals surface area contributed by atoms with Crippen LogP contribution in [0.5, 0.6) is 0 Å². The van der Waals surface area contributed by atoms with E-state index in [-0.39, 0.29) is 11.3 Å². The van der Waals surface area contributed by atoms with E-state index in [1.165, 1.54) is 30.7 Å². The van der Waals surface area contributed by atoms with E-state index in [4.69, 9.17) is 4.42 Å². The number of hydrogen-bond donors (Lipinski definition) is 1. The topological polar surface area (TPSA) is 98.3 Å². The van der Waals surface area contributed by atoms with E-state index in [1.54, 1.807) is 18.3 Å². The molecule has 21 heavy (non-hydrogen) atoms. The summed E-state index contributed by atoms with van der Waals surface area (Å²) in [4.78, 5) is 26.4. The van der Waals surface area contributed by atoms with Gasteiger partial charge in [-0.2, -0.15) is 0 Å². The van der Waals surface area contributed by atoms with Gasteiger partial charge in [0.25, 0.3) is 11.6 Å². The molecule has 1 aromatic carbocycles. The zero-order chi connectivity index (χ0) is 14.8. The summed E-state index contributed by atoms with van der Waals surface area (Å²) >= 11 is 0. The highest BCUT2D eigenvalue weighted by Crippen LogP contribution is 2.26. The van der Waals surface area contributed by atoms with Crippen molar-refractivity contribution in [3.05, 3.63) is 64.7 Å². The minimum absolute atomic E-state index is 0.0978. The van der Waals surface area contributed by atoms with Gasteiger partial charge < -0.3 is 9.73 Å². The van der Waals surface area contributed by atoms with Crippen LogP contribution in [-0.4, -0.2) is 15.8 Å². The summed E-state index contributed by atoms with van der Waals surface area (Å²) in [7, 11) is 0. The van der Waals surface area contributed by atoms with Gasteiger partial charge in [-0.1, -0.05) is 0 Å². The maximum absolute atomic E-state index is 12.2. The highest BCUT2D eigenvalue weighted by molar-refractivity contribution is 6.12. The molecule has 3 rings (SSSR count). The maximum atomic E-state index is 12.2. The van der Waals surface area contributed by atoms with Crippen LogP contribution < -0.4 is 5.32 Å². The van der Waals surface area contributed by atoms with Gasteiger partial charge in [-0.3, -0.25) is 19.9 Å². The quantitative estimate of drug-likeness (QED) is 0.588. The standard InChI is InChI=1S/C14H9N3O4/c18-14(16-9-2-1-5-15-7-9)12-8-21-13-4-3-10(17(19)20)6-11(12)13/h1-8H,(H,16,18). The van der Waals surface area contributed by atoms with E-state index in [9.17, 15) is 14.9 Å². The van der Waals surface area contributed by atoms with E-state index in [2.05, 4.69) is 10.3 Å². The maximum Gasteiger partial charge on any atom is 0.270 e. The Labute approximate surface area is 118 Å². The second kappa shape index (κ2) is 5.04. The number of carbonyl (C=O) groups excluding carboxylic acids is 1. The molecule has 104 valence electrons. The van der Waals surface area contributed by atoms with Crippen molar-refractivity contribution in [3.8, 4) is 0 Å². The van der Waals surface area contributed by atoms with Crippen molar-refractivity contribution in [1.29, 1.82) is 0 Å². The van der Waals surface area contributed by atoms with E-state index >= 15 is 0 Å². The van der Waals surface area contributed by atoms with Gasteiger partial charge in [0.1, 0.15) is 11.8 Å². The van der Waals surface area contributed by atoms with Crippen LogP contribution >= 0.6 is 0 Å². The number of nitro benzene ring substituents is 1. The molecule has 2 heterocycles. The molecule has 0 bridgehead atoms. The molecule has 0 fully saturated rings. The monoisotopic (exact) mass is 283 g/mol. The van der Waals surface area contributed by atoms with Crippen LogP contribution in [-0.2, 0) is 0 Å². The molecule has 2 aromatic heterocycles. The van der Waals surface area contributed by atoms with E-state index in [1.807, 2.05) is 0 Å². The van der Waals surface area contributed by atoms with E-state index in [0.29, 0.717) is 16.7 Å². The van der Waals surface area contributed by atoms with E-state index in [0.717, 1.165) is 0 Å². The number of fused-ring (bicyclic) bond motifs is 1. The smallest absolute Gasteiger partial charge is 0.270 e. The van der Waals surface area contributed by atoms with Gasteiger partial charge in [0.15, 0.2) is 0 Å². The minimum atomic E-state index is -0.519. The number of nitrogens with zero attached hydrogens (tertiary/aromatic N) is 2. The Morgan fingerprint density at radius 2 is 2.19 bits per heavy atom. The molecule has 0 aliphatic carbocycles. The van der Waals surface area contributed by atoms with Gasteiger partial charge >= 0.3 is 0 Å². The van der Waals surface area contributed by atoms with Gasteiger partial charge in [-0.05, 0) is 18.2 Å². The zero-order valence-electron chi connectivity index (χ0n) is 10.6. The number of nitro groups is 1. The van der Waals surface area contributed by atoms with Crippen LogP contribution in [0.4, 0.5) is 11.4 Å². The number of furan rings is 1. The first-order chi connectivity index (χ1) is 10.1. The molecule has 0 spiro atoms. The van der Waals surface area contributed by atoms with Crippen LogP contribution in [0.3, 0.4) is 0 Å². The fraction of sp³-hybridized carbons (Fsp3) is 0. The second-order valence-electron chi connectivity index (χ2n) is 4.28. The molecule has 1 N–H and O–H groups in total. The average Bonchev–Trinajstić information content (AvgIpc) is 2.91. The number of carbonyl (C=O) groups is 1. The molecule has 7 heteroatoms. The summed E-state index contributed by atoms with van der Waals surface area (Å²) in [6.07, 6.45) is 4.37. The molecule has 3 aromatic rings. The fourth-order valence-corrected chi connectivity index (χ4v) is 1.94. The third-order valence-corrected chi connectivity index (χ3v) is 2.93. The summed E-state index contributed by atoms with van der Waals surface area (Å²) in [5, 5.41) is 13.9. The highest BCUT2D eigenvalue weighted by atomic mass is 16.6. The molecule has 7 nitrogen and oxygen atoms in total. The lowest BCUT2D eigenvalue weighted by atomic mass is 10.1. The first kappa shape index (κ1) is 12.8. The third-order valence-electron chi connectivity index (χ3n) is 2.93. The van der Waals surface area contributed by atoms with E-state index < -0.39 is 10.8 Å². The van der Waals surface area contributed by atoms with Crippen molar-refractivity contribution in [2.75, 3.05) is 5.32 Å². The highest BCUT2D eigenvalue weighted by Gasteiger charge is 2.17. The van der Waals surface area contributed by atoms with Crippen LogP contribution in [0.1, 0.15) is 10.4 Å². The number of anilines is 1. The Morgan fingerprint density at radius 1 is 1.33 bits per heavy atom. The summed E-state index contributed by atoms with van der Waals surface area (Å²) < 4.78 is 5.24. The largest absolute Gasteiger partial charge is 0.463 e. The van der Waals surface area contributed by atoms with Crippen molar-refractivity contribution < 1.29 is 14.1 Å². The first-order valence-electron chi connectivity index (χ1n) is 6.02. The van der Waals surface area contributed by atoms with Crippen LogP contribution in [0.2, 0.25) is 0 Å². The number of rotatable bonds is 3. The molecular formula is C14H9N3O4. The Balaban J connectivity index is 1.98. The normalized spacial score (nSPS) is 10.5. The molecule has 1 amide bonds. The molecule has 0 atom stereocenters. The Hall–Kier alpha value is -3.22. The van der Waals surface area contributed by atoms with Gasteiger partial charge in [0, 0.05) is 23.7 Å². The number of hydrogen-bond acceptors (Lipinski definition) is 5. The van der Waals surface area contributed by atoms with Crippen molar-refractivity contribution in [2.24, 2.45) is 0 Å². The van der Waals surface area contributed by atoms with Crippen LogP contribution in [0.25, 0.3) is 11.0 Å². The summed E-state index contributed by atoms with van der Waals surface area (Å²) in [5.74, 6) is -0.415. The summed E-state index contributed by atoms with van der Waals surface area (Å²) in [6, 6.07) is 7.49. The number of amides is 1. The number of benzene rings is 1. The summed E-state index contributed by atoms with van der Waals surface area (Å²) in [6.45, 7) is 0. The van der Waals surface area contributed by atoms with Crippen LogP contribution in [0, 0.1) is 10.1 Å². The molecular weight excluding hydrogens is 274 g/mol. The number of nitrogens with one attached hydrogen (secondary N) is 1. The van der Waals surface area contributed by atoms with Crippen molar-refractivity contribution >= 4 is 28.3 Å². The minimum Gasteiger partial charge on any atom is -0.463 e. The lowest BCUT2D eigenvalue weighted by Crippen LogP contribution is -2.11. The molecule has 0 unspecified atom stereocenters. The molecule has 0 saturated carbocycles. The van der Waals surface area contributed by atoms with Gasteiger partial charge in [-0.15, -0.1) is 0 Å². The lowest BCUT2D eigenvalue weighted by Gasteiger charge is -2.02. The SMILES string of the molecule is O=C(Nc1cccnc1)c1coc2ccc([N+](=O)[O-])cc12. The number of aromatic nitrogens is 1. The Morgan fingerprint density at radius 3 is 2.90 bits per heavy atom. The molecule has 0 radical (unpaired) electrons. The van der Waals surface area contributed by atoms with Crippen LogP contribution in [0.15, 0.2) is 53.4 Å². The van der Waals surface area contributed by atoms with Gasteiger partial charge in [0.2, 0.25) is 0 Å². The number of non-ortho nitro benzene ring substituents is 1. The van der Waals surface area contributed by atoms with Gasteiger partial charge in [-0.25, -0.2) is 0 Å². The second-order valence-corrected chi connectivity index (χ2v) is 4.28. The predicted octanol–water partition coefficient (Wildman–Crippen LogP) is 2.99. The predicted molar refractivity (Wildman–Crippen MR) is 75.1 cm³/mol. The Kier molecular flexibility index (Phi) is 3.07.